The van der Waals surface area contributed by atoms with Gasteiger partial charge in [0.15, 0.2) is 0 Å². The quantitative estimate of drug-likeness (QED) is 0.784. The second-order valence-corrected chi connectivity index (χ2v) is 5.45. The van der Waals surface area contributed by atoms with Crippen molar-refractivity contribution in [2.24, 2.45) is 0 Å². The Morgan fingerprint density at radius 3 is 2.74 bits per heavy atom. The normalized spacial score (nSPS) is 10.5. The summed E-state index contributed by atoms with van der Waals surface area (Å²) in [7, 11) is 0. The Kier molecular flexibility index (Phi) is 4.68. The van der Waals surface area contributed by atoms with E-state index in [9.17, 15) is 4.79 Å². The van der Waals surface area contributed by atoms with Gasteiger partial charge >= 0.3 is 0 Å². The van der Waals surface area contributed by atoms with Gasteiger partial charge in [0.1, 0.15) is 0 Å². The van der Waals surface area contributed by atoms with Crippen molar-refractivity contribution in [3.05, 3.63) is 77.3 Å². The molecule has 1 N–H and O–H groups in total. The van der Waals surface area contributed by atoms with Crippen LogP contribution < -0.4 is 5.32 Å². The third-order valence-electron chi connectivity index (χ3n) is 3.36. The molecule has 0 spiro atoms. The molecule has 0 aliphatic heterocycles. The maximum atomic E-state index is 12.1. The van der Waals surface area contributed by atoms with E-state index in [1.54, 1.807) is 41.6 Å². The highest BCUT2D eigenvalue weighted by Gasteiger charge is 2.09. The van der Waals surface area contributed by atoms with Crippen LogP contribution in [0.2, 0.25) is 5.02 Å². The van der Waals surface area contributed by atoms with Crippen LogP contribution in [0, 0.1) is 0 Å². The summed E-state index contributed by atoms with van der Waals surface area (Å²) in [6.45, 7) is 0.552. The first kappa shape index (κ1) is 15.2. The smallest absolute Gasteiger partial charge is 0.254 e. The zero-order valence-corrected chi connectivity index (χ0v) is 13.1. The molecule has 0 fully saturated rings. The van der Waals surface area contributed by atoms with Crippen molar-refractivity contribution in [1.82, 2.24) is 20.1 Å². The average Bonchev–Trinajstić information content (AvgIpc) is 3.06. The predicted octanol–water partition coefficient (Wildman–Crippen LogP) is 2.89. The van der Waals surface area contributed by atoms with Crippen molar-refractivity contribution in [2.75, 3.05) is 6.54 Å². The molecular weight excluding hydrogens is 312 g/mol. The van der Waals surface area contributed by atoms with Gasteiger partial charge < -0.3 is 5.32 Å². The van der Waals surface area contributed by atoms with Gasteiger partial charge in [0, 0.05) is 30.2 Å². The maximum Gasteiger partial charge on any atom is 0.254 e. The summed E-state index contributed by atoms with van der Waals surface area (Å²) < 4.78 is 1.65. The highest BCUT2D eigenvalue weighted by Crippen LogP contribution is 2.13. The van der Waals surface area contributed by atoms with E-state index in [1.165, 1.54) is 0 Å². The van der Waals surface area contributed by atoms with Gasteiger partial charge in [0.2, 0.25) is 0 Å². The molecule has 0 saturated heterocycles. The van der Waals surface area contributed by atoms with Gasteiger partial charge in [-0.2, -0.15) is 5.10 Å². The molecule has 3 aromatic rings. The number of nitrogens with one attached hydrogen (secondary N) is 1. The molecule has 0 unspecified atom stereocenters. The number of hydrogen-bond acceptors (Lipinski definition) is 3. The highest BCUT2D eigenvalue weighted by molar-refractivity contribution is 6.30. The van der Waals surface area contributed by atoms with Crippen LogP contribution in [0.5, 0.6) is 0 Å². The second kappa shape index (κ2) is 7.07. The molecule has 2 heterocycles. The van der Waals surface area contributed by atoms with Crippen molar-refractivity contribution in [3.63, 3.8) is 0 Å². The number of amides is 1. The third-order valence-corrected chi connectivity index (χ3v) is 3.61. The first-order valence-corrected chi connectivity index (χ1v) is 7.58. The van der Waals surface area contributed by atoms with Crippen LogP contribution in [0.4, 0.5) is 0 Å². The molecule has 3 rings (SSSR count). The number of halogens is 1. The molecule has 23 heavy (non-hydrogen) atoms. The van der Waals surface area contributed by atoms with E-state index < -0.39 is 0 Å². The zero-order chi connectivity index (χ0) is 16.1. The van der Waals surface area contributed by atoms with Crippen LogP contribution in [0.1, 0.15) is 15.9 Å². The van der Waals surface area contributed by atoms with Gasteiger partial charge in [-0.3, -0.25) is 9.78 Å². The number of nitrogens with zero attached hydrogens (tertiary/aromatic N) is 3. The van der Waals surface area contributed by atoms with E-state index in [-0.39, 0.29) is 5.91 Å². The summed E-state index contributed by atoms with van der Waals surface area (Å²) in [4.78, 5) is 16.2. The van der Waals surface area contributed by atoms with Crippen LogP contribution in [0.25, 0.3) is 5.69 Å². The van der Waals surface area contributed by atoms with Crippen molar-refractivity contribution in [2.45, 2.75) is 6.42 Å². The highest BCUT2D eigenvalue weighted by atomic mass is 35.5. The molecule has 0 bridgehead atoms. The minimum absolute atomic E-state index is 0.144. The Hall–Kier alpha value is -2.66. The number of benzene rings is 1. The molecule has 0 radical (unpaired) electrons. The van der Waals surface area contributed by atoms with Gasteiger partial charge in [-0.15, -0.1) is 0 Å². The number of carbonyl (C=O) groups is 1. The minimum Gasteiger partial charge on any atom is -0.352 e. The molecule has 1 amide bonds. The van der Waals surface area contributed by atoms with E-state index in [1.807, 2.05) is 24.3 Å². The molecule has 0 aliphatic rings. The van der Waals surface area contributed by atoms with E-state index >= 15 is 0 Å². The van der Waals surface area contributed by atoms with Crippen molar-refractivity contribution in [1.29, 1.82) is 0 Å². The average molecular weight is 327 g/mol. The number of pyridine rings is 1. The number of rotatable bonds is 5. The molecule has 2 aromatic heterocycles. The summed E-state index contributed by atoms with van der Waals surface area (Å²) in [6.07, 6.45) is 7.51. The maximum absolute atomic E-state index is 12.1. The molecule has 5 nitrogen and oxygen atoms in total. The Morgan fingerprint density at radius 1 is 1.17 bits per heavy atom. The van der Waals surface area contributed by atoms with Crippen LogP contribution in [-0.2, 0) is 6.42 Å². The lowest BCUT2D eigenvalue weighted by atomic mass is 10.2. The van der Waals surface area contributed by atoms with E-state index in [4.69, 9.17) is 11.6 Å². The Labute approximate surface area is 138 Å². The fraction of sp³-hybridized carbons (Fsp3) is 0.118. The Balaban J connectivity index is 1.59. The van der Waals surface area contributed by atoms with Crippen molar-refractivity contribution < 1.29 is 4.79 Å². The fourth-order valence-corrected chi connectivity index (χ4v) is 2.27. The van der Waals surface area contributed by atoms with Crippen LogP contribution in [-0.4, -0.2) is 27.2 Å². The summed E-state index contributed by atoms with van der Waals surface area (Å²) in [6, 6.07) is 11.1. The largest absolute Gasteiger partial charge is 0.352 e. The molecule has 1 aromatic carbocycles. The Morgan fingerprint density at radius 2 is 2.00 bits per heavy atom. The van der Waals surface area contributed by atoms with Gasteiger partial charge in [-0.25, -0.2) is 4.68 Å². The van der Waals surface area contributed by atoms with Crippen LogP contribution in [0.15, 0.2) is 61.2 Å². The summed E-state index contributed by atoms with van der Waals surface area (Å²) in [5.74, 6) is -0.144. The number of carbonyl (C=O) groups excluding carboxylic acids is 1. The van der Waals surface area contributed by atoms with Gasteiger partial charge in [-0.05, 0) is 42.3 Å². The van der Waals surface area contributed by atoms with Gasteiger partial charge in [0.05, 0.1) is 17.4 Å². The van der Waals surface area contributed by atoms with Crippen LogP contribution in [0.3, 0.4) is 0 Å². The summed E-state index contributed by atoms with van der Waals surface area (Å²) in [5.41, 5.74) is 2.46. The van der Waals surface area contributed by atoms with Crippen molar-refractivity contribution >= 4 is 17.5 Å². The van der Waals surface area contributed by atoms with Gasteiger partial charge in [0.25, 0.3) is 5.91 Å². The third kappa shape index (κ3) is 3.96. The lowest BCUT2D eigenvalue weighted by Gasteiger charge is -2.03. The minimum atomic E-state index is -0.144. The topological polar surface area (TPSA) is 59.8 Å². The standard InChI is InChI=1S/C17H15ClN4O/c18-15-3-5-16(6-4-15)22-12-14(11-21-22)17(23)20-9-7-13-2-1-8-19-10-13/h1-6,8,10-12H,7,9H2,(H,20,23). The number of hydrogen-bond donors (Lipinski definition) is 1. The monoisotopic (exact) mass is 326 g/mol. The fourth-order valence-electron chi connectivity index (χ4n) is 2.14. The molecule has 0 saturated carbocycles. The number of aromatic nitrogens is 3. The first-order valence-electron chi connectivity index (χ1n) is 7.20. The van der Waals surface area contributed by atoms with Crippen LogP contribution >= 0.6 is 11.6 Å². The summed E-state index contributed by atoms with van der Waals surface area (Å²) in [5, 5.41) is 7.75. The summed E-state index contributed by atoms with van der Waals surface area (Å²) >= 11 is 5.86. The Bertz CT molecular complexity index is 784. The van der Waals surface area contributed by atoms with E-state index in [0.29, 0.717) is 17.1 Å². The lowest BCUT2D eigenvalue weighted by molar-refractivity contribution is 0.0954. The molecular formula is C17H15ClN4O. The molecule has 6 heteroatoms. The van der Waals surface area contributed by atoms with Crippen molar-refractivity contribution in [3.8, 4) is 5.69 Å². The molecule has 116 valence electrons. The lowest BCUT2D eigenvalue weighted by Crippen LogP contribution is -2.25. The predicted molar refractivity (Wildman–Crippen MR) is 88.8 cm³/mol. The van der Waals surface area contributed by atoms with E-state index in [2.05, 4.69) is 15.4 Å². The zero-order valence-electron chi connectivity index (χ0n) is 12.3. The van der Waals surface area contributed by atoms with Gasteiger partial charge in [-0.1, -0.05) is 17.7 Å². The molecule has 0 aliphatic carbocycles. The first-order chi connectivity index (χ1) is 11.2. The SMILES string of the molecule is O=C(NCCc1cccnc1)c1cnn(-c2ccc(Cl)cc2)c1. The van der Waals surface area contributed by atoms with E-state index in [0.717, 1.165) is 17.7 Å². The second-order valence-electron chi connectivity index (χ2n) is 5.02. The molecule has 0 atom stereocenters.